The zero-order valence-electron chi connectivity index (χ0n) is 12.2. The van der Waals surface area contributed by atoms with E-state index in [1.807, 2.05) is 61.5 Å². The minimum Gasteiger partial charge on any atom is -0.438 e. The van der Waals surface area contributed by atoms with Gasteiger partial charge in [-0.1, -0.05) is 60.2 Å². The smallest absolute Gasteiger partial charge is 0.289 e. The normalized spacial score (nSPS) is 10.4. The monoisotopic (exact) mass is 292 g/mol. The van der Waals surface area contributed by atoms with Gasteiger partial charge in [0.15, 0.2) is 6.39 Å². The number of carbonyl (C=O) groups is 1. The third-order valence-electron chi connectivity index (χ3n) is 3.36. The highest BCUT2D eigenvalue weighted by Gasteiger charge is 2.17. The minimum absolute atomic E-state index is 0.235. The van der Waals surface area contributed by atoms with Gasteiger partial charge >= 0.3 is 0 Å². The molecule has 0 bridgehead atoms. The highest BCUT2D eigenvalue weighted by Crippen LogP contribution is 2.21. The molecule has 0 fully saturated rings. The molecule has 1 heterocycles. The highest BCUT2D eigenvalue weighted by molar-refractivity contribution is 5.97. The number of oxazole rings is 1. The van der Waals surface area contributed by atoms with Gasteiger partial charge < -0.3 is 9.73 Å². The number of hydrogen-bond donors (Lipinski definition) is 1. The molecule has 4 heteroatoms. The predicted octanol–water partition coefficient (Wildman–Crippen LogP) is 3.58. The molecule has 110 valence electrons. The molecule has 2 aromatic carbocycles. The van der Waals surface area contributed by atoms with Crippen LogP contribution in [0.3, 0.4) is 0 Å². The summed E-state index contributed by atoms with van der Waals surface area (Å²) in [4.78, 5) is 16.5. The van der Waals surface area contributed by atoms with Crippen molar-refractivity contribution in [1.29, 1.82) is 0 Å². The lowest BCUT2D eigenvalue weighted by molar-refractivity contribution is 0.0924. The van der Waals surface area contributed by atoms with Gasteiger partial charge in [-0.05, 0) is 12.5 Å². The van der Waals surface area contributed by atoms with E-state index >= 15 is 0 Å². The molecule has 0 spiro atoms. The summed E-state index contributed by atoms with van der Waals surface area (Å²) >= 11 is 0. The van der Waals surface area contributed by atoms with Crippen molar-refractivity contribution in [3.8, 4) is 11.3 Å². The number of hydrogen-bond acceptors (Lipinski definition) is 3. The van der Waals surface area contributed by atoms with Crippen molar-refractivity contribution in [3.63, 3.8) is 0 Å². The Kier molecular flexibility index (Phi) is 4.01. The largest absolute Gasteiger partial charge is 0.438 e. The minimum atomic E-state index is -0.266. The predicted molar refractivity (Wildman–Crippen MR) is 84.3 cm³/mol. The number of rotatable bonds is 4. The standard InChI is InChI=1S/C18H16N2O2/c1-13-6-5-7-14(10-13)11-19-18(21)17-16(20-12-22-17)15-8-3-2-4-9-15/h2-10,12H,11H2,1H3,(H,19,21). The van der Waals surface area contributed by atoms with Gasteiger partial charge in [-0.25, -0.2) is 4.98 Å². The number of carbonyl (C=O) groups excluding carboxylic acids is 1. The number of nitrogens with zero attached hydrogens (tertiary/aromatic N) is 1. The fourth-order valence-corrected chi connectivity index (χ4v) is 2.29. The fraction of sp³-hybridized carbons (Fsp3) is 0.111. The fourth-order valence-electron chi connectivity index (χ4n) is 2.29. The second-order valence-electron chi connectivity index (χ2n) is 5.07. The van der Waals surface area contributed by atoms with Crippen LogP contribution in [0.2, 0.25) is 0 Å². The van der Waals surface area contributed by atoms with E-state index in [1.54, 1.807) is 0 Å². The lowest BCUT2D eigenvalue weighted by Gasteiger charge is -2.05. The molecule has 1 amide bonds. The molecule has 0 saturated carbocycles. The molecule has 0 atom stereocenters. The quantitative estimate of drug-likeness (QED) is 0.799. The molecule has 22 heavy (non-hydrogen) atoms. The molecule has 0 radical (unpaired) electrons. The van der Waals surface area contributed by atoms with Gasteiger partial charge in [-0.2, -0.15) is 0 Å². The highest BCUT2D eigenvalue weighted by atomic mass is 16.3. The summed E-state index contributed by atoms with van der Waals surface area (Å²) in [5, 5.41) is 2.87. The van der Waals surface area contributed by atoms with Crippen LogP contribution in [0.15, 0.2) is 65.4 Å². The maximum Gasteiger partial charge on any atom is 0.289 e. The molecule has 0 saturated heterocycles. The van der Waals surface area contributed by atoms with Crippen LogP contribution in [0.4, 0.5) is 0 Å². The molecule has 3 rings (SSSR count). The van der Waals surface area contributed by atoms with Gasteiger partial charge in [-0.3, -0.25) is 4.79 Å². The maximum atomic E-state index is 12.3. The van der Waals surface area contributed by atoms with E-state index in [0.29, 0.717) is 12.2 Å². The van der Waals surface area contributed by atoms with E-state index in [1.165, 1.54) is 6.39 Å². The first-order valence-corrected chi connectivity index (χ1v) is 7.06. The first kappa shape index (κ1) is 14.1. The Labute approximate surface area is 128 Å². The van der Waals surface area contributed by atoms with Gasteiger partial charge in [-0.15, -0.1) is 0 Å². The van der Waals surface area contributed by atoms with Crippen molar-refractivity contribution in [2.24, 2.45) is 0 Å². The second-order valence-corrected chi connectivity index (χ2v) is 5.07. The molecule has 0 aliphatic carbocycles. The third kappa shape index (κ3) is 3.06. The Morgan fingerprint density at radius 3 is 2.73 bits per heavy atom. The van der Waals surface area contributed by atoms with E-state index in [9.17, 15) is 4.79 Å². The lowest BCUT2D eigenvalue weighted by atomic mass is 10.1. The van der Waals surface area contributed by atoms with Crippen LogP contribution in [-0.4, -0.2) is 10.9 Å². The molecular weight excluding hydrogens is 276 g/mol. The van der Waals surface area contributed by atoms with Crippen molar-refractivity contribution in [1.82, 2.24) is 10.3 Å². The van der Waals surface area contributed by atoms with E-state index in [4.69, 9.17) is 4.42 Å². The van der Waals surface area contributed by atoms with Crippen molar-refractivity contribution in [2.45, 2.75) is 13.5 Å². The number of amides is 1. The molecule has 1 aromatic heterocycles. The van der Waals surface area contributed by atoms with Crippen LogP contribution in [0.25, 0.3) is 11.3 Å². The van der Waals surface area contributed by atoms with Gasteiger partial charge in [0.1, 0.15) is 5.69 Å². The van der Waals surface area contributed by atoms with Crippen LogP contribution in [0, 0.1) is 6.92 Å². The summed E-state index contributed by atoms with van der Waals surface area (Å²) in [6.07, 6.45) is 1.30. The zero-order valence-corrected chi connectivity index (χ0v) is 12.2. The number of aromatic nitrogens is 1. The van der Waals surface area contributed by atoms with E-state index in [-0.39, 0.29) is 11.7 Å². The second kappa shape index (κ2) is 6.26. The molecule has 0 aliphatic rings. The first-order valence-electron chi connectivity index (χ1n) is 7.06. The molecule has 4 nitrogen and oxygen atoms in total. The molecular formula is C18H16N2O2. The Morgan fingerprint density at radius 2 is 1.95 bits per heavy atom. The average Bonchev–Trinajstić information content (AvgIpc) is 3.03. The third-order valence-corrected chi connectivity index (χ3v) is 3.36. The van der Waals surface area contributed by atoms with Crippen molar-refractivity contribution in [3.05, 3.63) is 77.9 Å². The molecule has 0 aliphatic heterocycles. The molecule has 0 unspecified atom stereocenters. The Balaban J connectivity index is 1.75. The molecule has 3 aromatic rings. The Hall–Kier alpha value is -2.88. The maximum absolute atomic E-state index is 12.3. The molecule has 1 N–H and O–H groups in total. The summed E-state index contributed by atoms with van der Waals surface area (Å²) in [7, 11) is 0. The van der Waals surface area contributed by atoms with E-state index < -0.39 is 0 Å². The average molecular weight is 292 g/mol. The van der Waals surface area contributed by atoms with Gasteiger partial charge in [0.05, 0.1) is 0 Å². The van der Waals surface area contributed by atoms with Gasteiger partial charge in [0.25, 0.3) is 5.91 Å². The van der Waals surface area contributed by atoms with Crippen molar-refractivity contribution in [2.75, 3.05) is 0 Å². The van der Waals surface area contributed by atoms with Gasteiger partial charge in [0.2, 0.25) is 5.76 Å². The summed E-state index contributed by atoms with van der Waals surface area (Å²) in [6, 6.07) is 17.5. The first-order chi connectivity index (χ1) is 10.7. The van der Waals surface area contributed by atoms with E-state index in [2.05, 4.69) is 10.3 Å². The summed E-state index contributed by atoms with van der Waals surface area (Å²) in [6.45, 7) is 2.48. The van der Waals surface area contributed by atoms with Crippen LogP contribution >= 0.6 is 0 Å². The topological polar surface area (TPSA) is 55.1 Å². The SMILES string of the molecule is Cc1cccc(CNC(=O)c2ocnc2-c2ccccc2)c1. The summed E-state index contributed by atoms with van der Waals surface area (Å²) in [5.74, 6) is -0.0308. The Morgan fingerprint density at radius 1 is 1.14 bits per heavy atom. The van der Waals surface area contributed by atoms with Crippen LogP contribution in [0.1, 0.15) is 21.7 Å². The van der Waals surface area contributed by atoms with Crippen molar-refractivity contribution < 1.29 is 9.21 Å². The van der Waals surface area contributed by atoms with Crippen molar-refractivity contribution >= 4 is 5.91 Å². The van der Waals surface area contributed by atoms with Gasteiger partial charge in [0, 0.05) is 12.1 Å². The van der Waals surface area contributed by atoms with E-state index in [0.717, 1.165) is 16.7 Å². The van der Waals surface area contributed by atoms with Crippen LogP contribution in [-0.2, 0) is 6.54 Å². The summed E-state index contributed by atoms with van der Waals surface area (Å²) in [5.41, 5.74) is 3.63. The summed E-state index contributed by atoms with van der Waals surface area (Å²) < 4.78 is 5.27. The lowest BCUT2D eigenvalue weighted by Crippen LogP contribution is -2.23. The number of aryl methyl sites for hydroxylation is 1. The van der Waals surface area contributed by atoms with Crippen LogP contribution < -0.4 is 5.32 Å². The van der Waals surface area contributed by atoms with Crippen LogP contribution in [0.5, 0.6) is 0 Å². The zero-order chi connectivity index (χ0) is 15.4. The number of nitrogens with one attached hydrogen (secondary N) is 1. The number of benzene rings is 2. The Bertz CT molecular complexity index is 779.